The zero-order chi connectivity index (χ0) is 16.4. The van der Waals surface area contributed by atoms with Crippen molar-refractivity contribution in [2.24, 2.45) is 0 Å². The van der Waals surface area contributed by atoms with Crippen LogP contribution in [0, 0.1) is 12.7 Å². The third-order valence-corrected chi connectivity index (χ3v) is 4.51. The number of fused-ring (bicyclic) bond motifs is 1. The van der Waals surface area contributed by atoms with Crippen molar-refractivity contribution in [3.8, 4) is 0 Å². The SMILES string of the molecule is Cc1cc2c(=O)n(CC(=O)NCc3ccc(F)cc3)ccc2s1. The van der Waals surface area contributed by atoms with E-state index in [1.165, 1.54) is 16.7 Å². The Morgan fingerprint density at radius 2 is 2.00 bits per heavy atom. The van der Waals surface area contributed by atoms with Gasteiger partial charge in [0.1, 0.15) is 12.4 Å². The number of pyridine rings is 1. The van der Waals surface area contributed by atoms with Crippen LogP contribution in [0.4, 0.5) is 4.39 Å². The number of carbonyl (C=O) groups excluding carboxylic acids is 1. The van der Waals surface area contributed by atoms with Crippen LogP contribution in [0.3, 0.4) is 0 Å². The summed E-state index contributed by atoms with van der Waals surface area (Å²) < 4.78 is 15.1. The molecule has 2 heterocycles. The van der Waals surface area contributed by atoms with E-state index in [1.807, 2.05) is 19.1 Å². The fourth-order valence-corrected chi connectivity index (χ4v) is 3.25. The van der Waals surface area contributed by atoms with Gasteiger partial charge in [-0.1, -0.05) is 12.1 Å². The molecule has 0 radical (unpaired) electrons. The number of carbonyl (C=O) groups is 1. The molecule has 4 nitrogen and oxygen atoms in total. The van der Waals surface area contributed by atoms with Gasteiger partial charge < -0.3 is 9.88 Å². The van der Waals surface area contributed by atoms with Crippen molar-refractivity contribution in [2.45, 2.75) is 20.0 Å². The molecule has 0 bridgehead atoms. The van der Waals surface area contributed by atoms with Crippen molar-refractivity contribution in [1.82, 2.24) is 9.88 Å². The average molecular weight is 330 g/mol. The fraction of sp³-hybridized carbons (Fsp3) is 0.176. The first-order chi connectivity index (χ1) is 11.0. The summed E-state index contributed by atoms with van der Waals surface area (Å²) in [7, 11) is 0. The number of benzene rings is 1. The summed E-state index contributed by atoms with van der Waals surface area (Å²) >= 11 is 1.56. The first kappa shape index (κ1) is 15.4. The normalized spacial score (nSPS) is 10.9. The second-order valence-corrected chi connectivity index (χ2v) is 6.57. The summed E-state index contributed by atoms with van der Waals surface area (Å²) in [5.41, 5.74) is 0.639. The predicted molar refractivity (Wildman–Crippen MR) is 89.1 cm³/mol. The number of aromatic nitrogens is 1. The topological polar surface area (TPSA) is 51.1 Å². The number of nitrogens with one attached hydrogen (secondary N) is 1. The van der Waals surface area contributed by atoms with Crippen LogP contribution in [0.25, 0.3) is 10.1 Å². The summed E-state index contributed by atoms with van der Waals surface area (Å²) in [5.74, 6) is -0.575. The van der Waals surface area contributed by atoms with Gasteiger partial charge in [0, 0.05) is 22.3 Å². The van der Waals surface area contributed by atoms with Crippen molar-refractivity contribution in [2.75, 3.05) is 0 Å². The van der Waals surface area contributed by atoms with Crippen LogP contribution in [0.1, 0.15) is 10.4 Å². The second kappa shape index (κ2) is 6.34. The molecule has 0 aliphatic heterocycles. The molecule has 0 saturated heterocycles. The van der Waals surface area contributed by atoms with E-state index in [0.29, 0.717) is 11.9 Å². The Labute approximate surface area is 136 Å². The molecule has 0 aliphatic rings. The highest BCUT2D eigenvalue weighted by Gasteiger charge is 2.09. The first-order valence-corrected chi connectivity index (χ1v) is 7.95. The van der Waals surface area contributed by atoms with Gasteiger partial charge in [0.05, 0.1) is 5.39 Å². The molecule has 0 saturated carbocycles. The highest BCUT2D eigenvalue weighted by molar-refractivity contribution is 7.18. The predicted octanol–water partition coefficient (Wildman–Crippen LogP) is 2.83. The Morgan fingerprint density at radius 3 is 2.74 bits per heavy atom. The number of hydrogen-bond acceptors (Lipinski definition) is 3. The summed E-state index contributed by atoms with van der Waals surface area (Å²) in [5, 5.41) is 3.37. The van der Waals surface area contributed by atoms with E-state index in [2.05, 4.69) is 5.32 Å². The van der Waals surface area contributed by atoms with Gasteiger partial charge in [-0.05, 0) is 36.8 Å². The van der Waals surface area contributed by atoms with Gasteiger partial charge in [0.2, 0.25) is 5.91 Å². The minimum atomic E-state index is -0.314. The molecule has 1 amide bonds. The lowest BCUT2D eigenvalue weighted by Crippen LogP contribution is -2.31. The number of nitrogens with zero attached hydrogens (tertiary/aromatic N) is 1. The van der Waals surface area contributed by atoms with E-state index in [1.54, 1.807) is 29.7 Å². The highest BCUT2D eigenvalue weighted by atomic mass is 32.1. The lowest BCUT2D eigenvalue weighted by atomic mass is 10.2. The molecular weight excluding hydrogens is 315 g/mol. The quantitative estimate of drug-likeness (QED) is 0.800. The van der Waals surface area contributed by atoms with Gasteiger partial charge >= 0.3 is 0 Å². The van der Waals surface area contributed by atoms with Gasteiger partial charge in [-0.2, -0.15) is 0 Å². The molecule has 0 spiro atoms. The monoisotopic (exact) mass is 330 g/mol. The summed E-state index contributed by atoms with van der Waals surface area (Å²) in [6.45, 7) is 2.21. The van der Waals surface area contributed by atoms with Gasteiger partial charge in [0.25, 0.3) is 5.56 Å². The largest absolute Gasteiger partial charge is 0.350 e. The number of amides is 1. The number of halogens is 1. The van der Waals surface area contributed by atoms with E-state index in [0.717, 1.165) is 15.1 Å². The third kappa shape index (κ3) is 3.48. The molecule has 0 fully saturated rings. The van der Waals surface area contributed by atoms with Crippen LogP contribution in [0.15, 0.2) is 47.4 Å². The molecule has 0 unspecified atom stereocenters. The van der Waals surface area contributed by atoms with E-state index in [-0.39, 0.29) is 23.8 Å². The molecule has 118 valence electrons. The number of rotatable bonds is 4. The molecule has 0 aliphatic carbocycles. The molecule has 2 aromatic heterocycles. The van der Waals surface area contributed by atoms with Crippen molar-refractivity contribution >= 4 is 27.3 Å². The summed E-state index contributed by atoms with van der Waals surface area (Å²) in [4.78, 5) is 25.4. The molecule has 3 aromatic rings. The lowest BCUT2D eigenvalue weighted by molar-refractivity contribution is -0.121. The zero-order valence-electron chi connectivity index (χ0n) is 12.5. The Bertz CT molecular complexity index is 912. The average Bonchev–Trinajstić information content (AvgIpc) is 2.91. The number of hydrogen-bond donors (Lipinski definition) is 1. The maximum atomic E-state index is 12.8. The fourth-order valence-electron chi connectivity index (χ4n) is 2.34. The Hall–Kier alpha value is -2.47. The summed E-state index contributed by atoms with van der Waals surface area (Å²) in [6, 6.07) is 9.61. The standard InChI is InChI=1S/C17H15FN2O2S/c1-11-8-14-15(23-11)6-7-20(17(14)22)10-16(21)19-9-12-2-4-13(18)5-3-12/h2-8H,9-10H2,1H3,(H,19,21). The van der Waals surface area contributed by atoms with Crippen molar-refractivity contribution in [3.63, 3.8) is 0 Å². The van der Waals surface area contributed by atoms with Crippen LogP contribution >= 0.6 is 11.3 Å². The molecule has 6 heteroatoms. The number of aryl methyl sites for hydroxylation is 1. The third-order valence-electron chi connectivity index (χ3n) is 3.50. The highest BCUT2D eigenvalue weighted by Crippen LogP contribution is 2.21. The van der Waals surface area contributed by atoms with Gasteiger partial charge in [0.15, 0.2) is 0 Å². The van der Waals surface area contributed by atoms with Gasteiger partial charge in [-0.15, -0.1) is 11.3 Å². The Morgan fingerprint density at radius 1 is 1.26 bits per heavy atom. The molecule has 3 rings (SSSR count). The second-order valence-electron chi connectivity index (χ2n) is 5.29. The van der Waals surface area contributed by atoms with E-state index >= 15 is 0 Å². The maximum Gasteiger partial charge on any atom is 0.259 e. The van der Waals surface area contributed by atoms with Crippen LogP contribution in [-0.4, -0.2) is 10.5 Å². The molecule has 1 aromatic carbocycles. The first-order valence-electron chi connectivity index (χ1n) is 7.13. The van der Waals surface area contributed by atoms with Crippen LogP contribution in [0.2, 0.25) is 0 Å². The Kier molecular flexibility index (Phi) is 4.25. The minimum absolute atomic E-state index is 0.0368. The minimum Gasteiger partial charge on any atom is -0.350 e. The molecule has 1 N–H and O–H groups in total. The van der Waals surface area contributed by atoms with Gasteiger partial charge in [-0.25, -0.2) is 4.39 Å². The zero-order valence-corrected chi connectivity index (χ0v) is 13.3. The molecule has 23 heavy (non-hydrogen) atoms. The van der Waals surface area contributed by atoms with Crippen LogP contribution in [-0.2, 0) is 17.9 Å². The van der Waals surface area contributed by atoms with Crippen molar-refractivity contribution < 1.29 is 9.18 Å². The van der Waals surface area contributed by atoms with Gasteiger partial charge in [-0.3, -0.25) is 9.59 Å². The van der Waals surface area contributed by atoms with Crippen molar-refractivity contribution in [3.05, 3.63) is 69.2 Å². The smallest absolute Gasteiger partial charge is 0.259 e. The van der Waals surface area contributed by atoms with Crippen LogP contribution < -0.4 is 10.9 Å². The van der Waals surface area contributed by atoms with Crippen LogP contribution in [0.5, 0.6) is 0 Å². The Balaban J connectivity index is 1.69. The van der Waals surface area contributed by atoms with E-state index in [4.69, 9.17) is 0 Å². The lowest BCUT2D eigenvalue weighted by Gasteiger charge is -2.07. The summed E-state index contributed by atoms with van der Waals surface area (Å²) in [6.07, 6.45) is 1.64. The van der Waals surface area contributed by atoms with E-state index < -0.39 is 0 Å². The maximum absolute atomic E-state index is 12.8. The number of thiophene rings is 1. The van der Waals surface area contributed by atoms with E-state index in [9.17, 15) is 14.0 Å². The molecule has 0 atom stereocenters. The van der Waals surface area contributed by atoms with Crippen molar-refractivity contribution in [1.29, 1.82) is 0 Å². The molecular formula is C17H15FN2O2S.